The van der Waals surface area contributed by atoms with E-state index in [-0.39, 0.29) is 21.6 Å². The van der Waals surface area contributed by atoms with Crippen molar-refractivity contribution in [2.75, 3.05) is 12.2 Å². The van der Waals surface area contributed by atoms with Crippen LogP contribution in [0.1, 0.15) is 31.9 Å². The third-order valence-electron chi connectivity index (χ3n) is 4.04. The molecule has 0 aliphatic heterocycles. The molecular weight excluding hydrogens is 346 g/mol. The van der Waals surface area contributed by atoms with E-state index >= 15 is 0 Å². The summed E-state index contributed by atoms with van der Waals surface area (Å²) in [4.78, 5) is 1.50. The predicted octanol–water partition coefficient (Wildman–Crippen LogP) is 4.40. The quantitative estimate of drug-likeness (QED) is 0.691. The second kappa shape index (κ2) is 6.76. The van der Waals surface area contributed by atoms with Crippen molar-refractivity contribution in [3.8, 4) is 17.2 Å². The lowest BCUT2D eigenvalue weighted by atomic mass is 9.85. The molecule has 138 valence electrons. The summed E-state index contributed by atoms with van der Waals surface area (Å²) < 4.78 is 5.72. The Kier molecular flexibility index (Phi) is 4.80. The van der Waals surface area contributed by atoms with E-state index in [9.17, 15) is 5.11 Å². The zero-order valence-corrected chi connectivity index (χ0v) is 16.7. The first-order valence-corrected chi connectivity index (χ1v) is 10.4. The molecule has 0 spiro atoms. The molecule has 26 heavy (non-hydrogen) atoms. The van der Waals surface area contributed by atoms with E-state index < -0.39 is 0 Å². The van der Waals surface area contributed by atoms with Gasteiger partial charge >= 0.3 is 0 Å². The molecule has 1 N–H and O–H groups in total. The summed E-state index contributed by atoms with van der Waals surface area (Å²) >= 11 is 0. The van der Waals surface area contributed by atoms with Crippen molar-refractivity contribution in [2.45, 2.75) is 33.1 Å². The van der Waals surface area contributed by atoms with Crippen LogP contribution in [0, 0.1) is 6.92 Å². The lowest BCUT2D eigenvalue weighted by molar-refractivity contribution is 0.393. The summed E-state index contributed by atoms with van der Waals surface area (Å²) in [6.07, 6.45) is 2.03. The smallest absolute Gasteiger partial charge is 0.146 e. The summed E-state index contributed by atoms with van der Waals surface area (Å²) in [6, 6.07) is 9.53. The highest BCUT2D eigenvalue weighted by atomic mass is 32.2. The standard InChI is InChI=1S/C20H25N3O2S/c1-13-9-15(20(2,3)4)19(24)18(10-13)23-21-16-8-7-14(11-17(16)22-23)25-12-26(5)6/h7-11,24H,5,12H2,1-4,6H3. The molecule has 0 bridgehead atoms. The van der Waals surface area contributed by atoms with Crippen molar-refractivity contribution in [3.63, 3.8) is 0 Å². The fourth-order valence-corrected chi connectivity index (χ4v) is 3.08. The minimum absolute atomic E-state index is 0.0378. The highest BCUT2D eigenvalue weighted by Crippen LogP contribution is 2.36. The topological polar surface area (TPSA) is 60.2 Å². The number of rotatable bonds is 4. The number of fused-ring (bicyclic) bond motifs is 1. The number of aromatic hydroxyl groups is 1. The van der Waals surface area contributed by atoms with Crippen LogP contribution in [0.3, 0.4) is 0 Å². The maximum Gasteiger partial charge on any atom is 0.146 e. The maximum atomic E-state index is 10.8. The van der Waals surface area contributed by atoms with Gasteiger partial charge in [0.15, 0.2) is 0 Å². The molecule has 1 unspecified atom stereocenters. The molecule has 1 heterocycles. The molecular formula is C20H25N3O2S. The largest absolute Gasteiger partial charge is 0.505 e. The molecule has 5 nitrogen and oxygen atoms in total. The number of benzene rings is 2. The van der Waals surface area contributed by atoms with Crippen LogP contribution in [-0.4, -0.2) is 38.2 Å². The minimum Gasteiger partial charge on any atom is -0.505 e. The normalized spacial score (nSPS) is 13.1. The van der Waals surface area contributed by atoms with Crippen molar-refractivity contribution >= 4 is 27.4 Å². The first kappa shape index (κ1) is 18.5. The number of phenols is 1. The van der Waals surface area contributed by atoms with E-state index in [0.29, 0.717) is 11.6 Å². The van der Waals surface area contributed by atoms with Crippen LogP contribution in [0.15, 0.2) is 30.3 Å². The Morgan fingerprint density at radius 1 is 1.15 bits per heavy atom. The van der Waals surface area contributed by atoms with Gasteiger partial charge in [-0.15, -0.1) is 15.0 Å². The second-order valence-corrected chi connectivity index (χ2v) is 9.41. The zero-order valence-electron chi connectivity index (χ0n) is 15.9. The average molecular weight is 372 g/mol. The highest BCUT2D eigenvalue weighted by Gasteiger charge is 2.22. The van der Waals surface area contributed by atoms with Gasteiger partial charge in [0.1, 0.15) is 34.2 Å². The molecule has 0 aliphatic rings. The van der Waals surface area contributed by atoms with Gasteiger partial charge in [0.05, 0.1) is 0 Å². The molecule has 0 fully saturated rings. The van der Waals surface area contributed by atoms with Gasteiger partial charge in [-0.2, -0.15) is 10.5 Å². The second-order valence-electron chi connectivity index (χ2n) is 7.61. The van der Waals surface area contributed by atoms with Crippen LogP contribution in [0.2, 0.25) is 0 Å². The van der Waals surface area contributed by atoms with Gasteiger partial charge in [-0.3, -0.25) is 0 Å². The van der Waals surface area contributed by atoms with Crippen molar-refractivity contribution in [2.24, 2.45) is 0 Å². The summed E-state index contributed by atoms with van der Waals surface area (Å²) in [5.41, 5.74) is 3.81. The minimum atomic E-state index is -0.176. The molecule has 0 aliphatic carbocycles. The molecule has 0 radical (unpaired) electrons. The van der Waals surface area contributed by atoms with Crippen LogP contribution in [0.4, 0.5) is 0 Å². The Bertz CT molecular complexity index is 987. The SMILES string of the molecule is C=S(C)COc1ccc2nn(-c3cc(C)cc(C(C)(C)C)c3O)nc2c1. The van der Waals surface area contributed by atoms with Gasteiger partial charge in [0.2, 0.25) is 0 Å². The van der Waals surface area contributed by atoms with E-state index in [1.807, 2.05) is 43.5 Å². The number of hydrogen-bond acceptors (Lipinski definition) is 4. The van der Waals surface area contributed by atoms with Gasteiger partial charge in [-0.1, -0.05) is 32.7 Å². The Morgan fingerprint density at radius 2 is 1.85 bits per heavy atom. The Labute approximate surface area is 156 Å². The highest BCUT2D eigenvalue weighted by molar-refractivity contribution is 8.13. The number of phenolic OH excluding ortho intramolecular Hbond substituents is 1. The molecule has 1 aromatic heterocycles. The van der Waals surface area contributed by atoms with Gasteiger partial charge in [-0.05, 0) is 42.4 Å². The monoisotopic (exact) mass is 371 g/mol. The molecule has 0 amide bonds. The Hall–Kier alpha value is -2.34. The van der Waals surface area contributed by atoms with Gasteiger partial charge in [0.25, 0.3) is 0 Å². The van der Waals surface area contributed by atoms with Crippen LogP contribution >= 0.6 is 10.5 Å². The zero-order chi connectivity index (χ0) is 19.1. The van der Waals surface area contributed by atoms with Crippen LogP contribution in [0.25, 0.3) is 16.7 Å². The first-order chi connectivity index (χ1) is 12.1. The third-order valence-corrected chi connectivity index (χ3v) is 4.56. The lowest BCUT2D eigenvalue weighted by Gasteiger charge is -2.22. The van der Waals surface area contributed by atoms with Crippen LogP contribution < -0.4 is 4.74 Å². The van der Waals surface area contributed by atoms with Gasteiger partial charge in [0, 0.05) is 11.6 Å². The fraction of sp³-hybridized carbons (Fsp3) is 0.350. The van der Waals surface area contributed by atoms with E-state index in [1.54, 1.807) is 0 Å². The Balaban J connectivity index is 2.06. The number of hydrogen-bond donors (Lipinski definition) is 1. The molecule has 2 aromatic carbocycles. The van der Waals surface area contributed by atoms with Crippen LogP contribution in [0.5, 0.6) is 11.5 Å². The molecule has 1 atom stereocenters. The van der Waals surface area contributed by atoms with Crippen LogP contribution in [-0.2, 0) is 5.41 Å². The molecule has 0 saturated carbocycles. The van der Waals surface area contributed by atoms with E-state index in [1.165, 1.54) is 4.80 Å². The van der Waals surface area contributed by atoms with E-state index in [0.717, 1.165) is 27.9 Å². The van der Waals surface area contributed by atoms with E-state index in [2.05, 4.69) is 36.8 Å². The number of ether oxygens (including phenoxy) is 1. The van der Waals surface area contributed by atoms with Crippen molar-refractivity contribution in [1.82, 2.24) is 15.0 Å². The van der Waals surface area contributed by atoms with E-state index in [4.69, 9.17) is 4.74 Å². The molecule has 6 heteroatoms. The van der Waals surface area contributed by atoms with Crippen molar-refractivity contribution < 1.29 is 9.84 Å². The van der Waals surface area contributed by atoms with Gasteiger partial charge < -0.3 is 9.84 Å². The number of nitrogens with zero attached hydrogens (tertiary/aromatic N) is 3. The number of aryl methyl sites for hydroxylation is 1. The summed E-state index contributed by atoms with van der Waals surface area (Å²) in [6.45, 7) is 8.23. The summed E-state index contributed by atoms with van der Waals surface area (Å²) in [5.74, 6) is 5.49. The molecule has 3 rings (SSSR count). The molecule has 3 aromatic rings. The fourth-order valence-electron chi connectivity index (χ4n) is 2.74. The third kappa shape index (κ3) is 3.75. The van der Waals surface area contributed by atoms with Crippen molar-refractivity contribution in [1.29, 1.82) is 0 Å². The van der Waals surface area contributed by atoms with Gasteiger partial charge in [-0.25, -0.2) is 0 Å². The Morgan fingerprint density at radius 3 is 2.50 bits per heavy atom. The van der Waals surface area contributed by atoms with Crippen molar-refractivity contribution in [3.05, 3.63) is 41.5 Å². The number of aromatic nitrogens is 3. The summed E-state index contributed by atoms with van der Waals surface area (Å²) in [5, 5.41) is 19.9. The average Bonchev–Trinajstić information content (AvgIpc) is 2.96. The first-order valence-electron chi connectivity index (χ1n) is 8.42. The molecule has 0 saturated heterocycles. The summed E-state index contributed by atoms with van der Waals surface area (Å²) in [7, 11) is -0.0378. The lowest BCUT2D eigenvalue weighted by Crippen LogP contribution is -2.13. The predicted molar refractivity (Wildman–Crippen MR) is 110 cm³/mol. The maximum absolute atomic E-state index is 10.8.